The summed E-state index contributed by atoms with van der Waals surface area (Å²) in [5, 5.41) is 6.30. The zero-order valence-corrected chi connectivity index (χ0v) is 13.5. The van der Waals surface area contributed by atoms with Crippen LogP contribution < -0.4 is 10.6 Å². The standard InChI is InChI=1S/C17H17ClF2N2O/c1-10-13(18)4-3-5-16(10)22-17(23)9-21-11(2)12-6-7-14(19)15(20)8-12/h3-8,11,21H,9H2,1-2H3,(H,22,23)/t11-/m0/s1. The molecule has 0 radical (unpaired) electrons. The van der Waals surface area contributed by atoms with E-state index >= 15 is 0 Å². The normalized spacial score (nSPS) is 12.0. The van der Waals surface area contributed by atoms with E-state index in [9.17, 15) is 13.6 Å². The van der Waals surface area contributed by atoms with Crippen LogP contribution in [0.1, 0.15) is 24.1 Å². The third-order valence-corrected chi connectivity index (χ3v) is 3.96. The second-order valence-corrected chi connectivity index (χ2v) is 5.64. The monoisotopic (exact) mass is 338 g/mol. The van der Waals surface area contributed by atoms with Crippen LogP contribution in [-0.2, 0) is 4.79 Å². The van der Waals surface area contributed by atoms with E-state index in [0.29, 0.717) is 16.3 Å². The number of rotatable bonds is 5. The van der Waals surface area contributed by atoms with Crippen LogP contribution in [0, 0.1) is 18.6 Å². The second-order valence-electron chi connectivity index (χ2n) is 5.24. The number of halogens is 3. The van der Waals surface area contributed by atoms with Gasteiger partial charge in [0.2, 0.25) is 5.91 Å². The summed E-state index contributed by atoms with van der Waals surface area (Å²) >= 11 is 6.00. The van der Waals surface area contributed by atoms with Crippen molar-refractivity contribution in [3.8, 4) is 0 Å². The van der Waals surface area contributed by atoms with E-state index in [1.54, 1.807) is 25.1 Å². The molecule has 6 heteroatoms. The second kappa shape index (κ2) is 7.53. The first-order valence-corrected chi connectivity index (χ1v) is 7.49. The Morgan fingerprint density at radius 3 is 2.65 bits per heavy atom. The smallest absolute Gasteiger partial charge is 0.238 e. The molecular formula is C17H17ClF2N2O. The summed E-state index contributed by atoms with van der Waals surface area (Å²) in [6.45, 7) is 3.62. The van der Waals surface area contributed by atoms with E-state index in [0.717, 1.165) is 17.7 Å². The summed E-state index contributed by atoms with van der Waals surface area (Å²) in [6, 6.07) is 8.63. The SMILES string of the molecule is Cc1c(Cl)cccc1NC(=O)CN[C@@H](C)c1ccc(F)c(F)c1. The first kappa shape index (κ1) is 17.4. The minimum absolute atomic E-state index is 0.0338. The first-order valence-electron chi connectivity index (χ1n) is 7.11. The summed E-state index contributed by atoms with van der Waals surface area (Å²) in [5.41, 5.74) is 2.00. The van der Waals surface area contributed by atoms with Crippen LogP contribution in [0.4, 0.5) is 14.5 Å². The van der Waals surface area contributed by atoms with Crippen LogP contribution in [0.3, 0.4) is 0 Å². The third kappa shape index (κ3) is 4.50. The average Bonchev–Trinajstić information content (AvgIpc) is 2.52. The highest BCUT2D eigenvalue weighted by molar-refractivity contribution is 6.31. The van der Waals surface area contributed by atoms with Gasteiger partial charge in [-0.05, 0) is 49.2 Å². The Kier molecular flexibility index (Phi) is 5.69. The average molecular weight is 339 g/mol. The highest BCUT2D eigenvalue weighted by Gasteiger charge is 2.11. The van der Waals surface area contributed by atoms with Gasteiger partial charge in [0.25, 0.3) is 0 Å². The fourth-order valence-electron chi connectivity index (χ4n) is 2.08. The van der Waals surface area contributed by atoms with Crippen LogP contribution in [0.25, 0.3) is 0 Å². The molecule has 1 atom stereocenters. The van der Waals surface area contributed by atoms with Gasteiger partial charge in [0, 0.05) is 16.8 Å². The van der Waals surface area contributed by atoms with Gasteiger partial charge in [-0.1, -0.05) is 23.7 Å². The number of hydrogen-bond donors (Lipinski definition) is 2. The predicted molar refractivity (Wildman–Crippen MR) is 87.6 cm³/mol. The van der Waals surface area contributed by atoms with Crippen molar-refractivity contribution in [1.82, 2.24) is 5.32 Å². The van der Waals surface area contributed by atoms with Gasteiger partial charge in [0.1, 0.15) is 0 Å². The summed E-state index contributed by atoms with van der Waals surface area (Å²) in [5.74, 6) is -2.05. The molecule has 0 aromatic heterocycles. The van der Waals surface area contributed by atoms with Crippen LogP contribution in [0.15, 0.2) is 36.4 Å². The predicted octanol–water partition coefficient (Wildman–Crippen LogP) is 4.22. The van der Waals surface area contributed by atoms with Crippen LogP contribution in [0.5, 0.6) is 0 Å². The Morgan fingerprint density at radius 2 is 1.96 bits per heavy atom. The number of carbonyl (C=O) groups is 1. The zero-order valence-electron chi connectivity index (χ0n) is 12.8. The number of nitrogens with one attached hydrogen (secondary N) is 2. The maximum absolute atomic E-state index is 13.2. The van der Waals surface area contributed by atoms with Crippen molar-refractivity contribution in [2.24, 2.45) is 0 Å². The van der Waals surface area contributed by atoms with Crippen molar-refractivity contribution in [3.63, 3.8) is 0 Å². The van der Waals surface area contributed by atoms with Gasteiger partial charge in [0.15, 0.2) is 11.6 Å². The Morgan fingerprint density at radius 1 is 1.22 bits per heavy atom. The van der Waals surface area contributed by atoms with Gasteiger partial charge in [-0.3, -0.25) is 4.79 Å². The van der Waals surface area contributed by atoms with Gasteiger partial charge >= 0.3 is 0 Å². The van der Waals surface area contributed by atoms with E-state index in [-0.39, 0.29) is 18.5 Å². The van der Waals surface area contributed by atoms with E-state index in [1.807, 2.05) is 6.92 Å². The number of carbonyl (C=O) groups excluding carboxylic acids is 1. The lowest BCUT2D eigenvalue weighted by Gasteiger charge is -2.15. The first-order chi connectivity index (χ1) is 10.9. The molecule has 0 aliphatic carbocycles. The number of hydrogen-bond acceptors (Lipinski definition) is 2. The molecule has 0 saturated carbocycles. The Balaban J connectivity index is 1.93. The van der Waals surface area contributed by atoms with Crippen molar-refractivity contribution in [2.75, 3.05) is 11.9 Å². The molecule has 0 spiro atoms. The van der Waals surface area contributed by atoms with Crippen LogP contribution >= 0.6 is 11.6 Å². The van der Waals surface area contributed by atoms with Crippen LogP contribution in [0.2, 0.25) is 5.02 Å². The molecule has 0 bridgehead atoms. The molecular weight excluding hydrogens is 322 g/mol. The molecule has 2 rings (SSSR count). The topological polar surface area (TPSA) is 41.1 Å². The molecule has 23 heavy (non-hydrogen) atoms. The van der Waals surface area contributed by atoms with Gasteiger partial charge in [-0.15, -0.1) is 0 Å². The summed E-state index contributed by atoms with van der Waals surface area (Å²) in [6.07, 6.45) is 0. The van der Waals surface area contributed by atoms with E-state index in [4.69, 9.17) is 11.6 Å². The number of anilines is 1. The van der Waals surface area contributed by atoms with Gasteiger partial charge in [-0.25, -0.2) is 8.78 Å². The zero-order chi connectivity index (χ0) is 17.0. The molecule has 0 saturated heterocycles. The fourth-order valence-corrected chi connectivity index (χ4v) is 2.26. The quantitative estimate of drug-likeness (QED) is 0.857. The minimum atomic E-state index is -0.907. The van der Waals surface area contributed by atoms with E-state index in [1.165, 1.54) is 6.07 Å². The lowest BCUT2D eigenvalue weighted by atomic mass is 10.1. The van der Waals surface area contributed by atoms with Crippen molar-refractivity contribution in [2.45, 2.75) is 19.9 Å². The van der Waals surface area contributed by atoms with Gasteiger partial charge in [-0.2, -0.15) is 0 Å². The summed E-state index contributed by atoms with van der Waals surface area (Å²) in [7, 11) is 0. The molecule has 2 N–H and O–H groups in total. The fraction of sp³-hybridized carbons (Fsp3) is 0.235. The highest BCUT2D eigenvalue weighted by Crippen LogP contribution is 2.22. The molecule has 0 aliphatic heterocycles. The van der Waals surface area contributed by atoms with Gasteiger partial charge < -0.3 is 10.6 Å². The molecule has 2 aromatic carbocycles. The lowest BCUT2D eigenvalue weighted by molar-refractivity contribution is -0.115. The van der Waals surface area contributed by atoms with E-state index in [2.05, 4.69) is 10.6 Å². The highest BCUT2D eigenvalue weighted by atomic mass is 35.5. The Hall–Kier alpha value is -1.98. The third-order valence-electron chi connectivity index (χ3n) is 3.55. The molecule has 3 nitrogen and oxygen atoms in total. The maximum Gasteiger partial charge on any atom is 0.238 e. The Labute approximate surface area is 138 Å². The van der Waals surface area contributed by atoms with Crippen LogP contribution in [-0.4, -0.2) is 12.5 Å². The molecule has 2 aromatic rings. The molecule has 122 valence electrons. The van der Waals surface area contributed by atoms with Crippen molar-refractivity contribution in [3.05, 3.63) is 64.2 Å². The molecule has 0 aliphatic rings. The van der Waals surface area contributed by atoms with Crippen molar-refractivity contribution >= 4 is 23.2 Å². The molecule has 0 unspecified atom stereocenters. The van der Waals surface area contributed by atoms with E-state index < -0.39 is 11.6 Å². The molecule has 0 fully saturated rings. The lowest BCUT2D eigenvalue weighted by Crippen LogP contribution is -2.30. The summed E-state index contributed by atoms with van der Waals surface area (Å²) in [4.78, 5) is 12.0. The largest absolute Gasteiger partial charge is 0.325 e. The number of benzene rings is 2. The number of amides is 1. The molecule has 0 heterocycles. The minimum Gasteiger partial charge on any atom is -0.325 e. The van der Waals surface area contributed by atoms with Crippen molar-refractivity contribution < 1.29 is 13.6 Å². The van der Waals surface area contributed by atoms with Gasteiger partial charge in [0.05, 0.1) is 6.54 Å². The Bertz CT molecular complexity index is 722. The summed E-state index contributed by atoms with van der Waals surface area (Å²) < 4.78 is 26.1. The van der Waals surface area contributed by atoms with Crippen molar-refractivity contribution in [1.29, 1.82) is 0 Å². The molecule has 1 amide bonds. The maximum atomic E-state index is 13.2.